The Morgan fingerprint density at radius 3 is 2.88 bits per heavy atom. The van der Waals surface area contributed by atoms with E-state index in [4.69, 9.17) is 10.5 Å². The minimum absolute atomic E-state index is 0.191. The molecule has 16 heavy (non-hydrogen) atoms. The first kappa shape index (κ1) is 12.4. The number of carbonyl (C=O) groups excluding carboxylic acids is 1. The molecule has 1 aromatic heterocycles. The van der Waals surface area contributed by atoms with Gasteiger partial charge in [0.25, 0.3) is 0 Å². The van der Waals surface area contributed by atoms with Crippen molar-refractivity contribution >= 4 is 5.91 Å². The van der Waals surface area contributed by atoms with Crippen molar-refractivity contribution in [3.05, 3.63) is 23.9 Å². The number of ether oxygens (including phenoxy) is 1. The zero-order valence-corrected chi connectivity index (χ0v) is 9.78. The fourth-order valence-corrected chi connectivity index (χ4v) is 1.08. The van der Waals surface area contributed by atoms with E-state index in [2.05, 4.69) is 10.3 Å². The van der Waals surface area contributed by atoms with E-state index in [0.29, 0.717) is 12.4 Å². The highest BCUT2D eigenvalue weighted by Crippen LogP contribution is 2.08. The largest absolute Gasteiger partial charge is 0.481 e. The number of hydrogen-bond acceptors (Lipinski definition) is 4. The van der Waals surface area contributed by atoms with E-state index < -0.39 is 5.54 Å². The molecule has 0 aliphatic carbocycles. The Hall–Kier alpha value is -1.62. The molecule has 0 saturated heterocycles. The Morgan fingerprint density at radius 2 is 2.31 bits per heavy atom. The summed E-state index contributed by atoms with van der Waals surface area (Å²) in [7, 11) is 1.55. The fraction of sp³-hybridized carbons (Fsp3) is 0.455. The zero-order chi connectivity index (χ0) is 12.2. The second-order valence-corrected chi connectivity index (χ2v) is 4.11. The lowest BCUT2D eigenvalue weighted by Gasteiger charge is -2.17. The molecule has 3 N–H and O–H groups in total. The summed E-state index contributed by atoms with van der Waals surface area (Å²) in [5.74, 6) is 0.335. The van der Waals surface area contributed by atoms with E-state index >= 15 is 0 Å². The highest BCUT2D eigenvalue weighted by atomic mass is 16.5. The lowest BCUT2D eigenvalue weighted by Crippen LogP contribution is -2.48. The quantitative estimate of drug-likeness (QED) is 0.776. The standard InChI is InChI=1S/C11H17N3O2/c1-11(2,12)10(15)14-7-8-4-5-13-9(6-8)16-3/h4-6H,7,12H2,1-3H3,(H,14,15). The van der Waals surface area contributed by atoms with Crippen LogP contribution >= 0.6 is 0 Å². The molecular formula is C11H17N3O2. The van der Waals surface area contributed by atoms with E-state index in [-0.39, 0.29) is 5.91 Å². The summed E-state index contributed by atoms with van der Waals surface area (Å²) in [5.41, 5.74) is 5.71. The van der Waals surface area contributed by atoms with Crippen LogP contribution in [0.25, 0.3) is 0 Å². The van der Waals surface area contributed by atoms with Crippen molar-refractivity contribution in [2.24, 2.45) is 5.73 Å². The van der Waals surface area contributed by atoms with Crippen LogP contribution in [0, 0.1) is 0 Å². The van der Waals surface area contributed by atoms with Crippen LogP contribution in [0.5, 0.6) is 5.88 Å². The molecule has 1 amide bonds. The van der Waals surface area contributed by atoms with Crippen molar-refractivity contribution in [3.63, 3.8) is 0 Å². The maximum atomic E-state index is 11.5. The molecule has 1 rings (SSSR count). The minimum Gasteiger partial charge on any atom is -0.481 e. The van der Waals surface area contributed by atoms with Gasteiger partial charge < -0.3 is 15.8 Å². The van der Waals surface area contributed by atoms with Crippen LogP contribution < -0.4 is 15.8 Å². The number of carbonyl (C=O) groups is 1. The molecule has 0 radical (unpaired) electrons. The van der Waals surface area contributed by atoms with Crippen molar-refractivity contribution in [2.75, 3.05) is 7.11 Å². The molecule has 0 saturated carbocycles. The van der Waals surface area contributed by atoms with Crippen molar-refractivity contribution in [1.29, 1.82) is 0 Å². The summed E-state index contributed by atoms with van der Waals surface area (Å²) in [6.45, 7) is 3.74. The minimum atomic E-state index is -0.864. The topological polar surface area (TPSA) is 77.2 Å². The van der Waals surface area contributed by atoms with Crippen LogP contribution in [-0.4, -0.2) is 23.5 Å². The van der Waals surface area contributed by atoms with Crippen LogP contribution in [0.4, 0.5) is 0 Å². The Balaban J connectivity index is 2.58. The van der Waals surface area contributed by atoms with E-state index in [1.54, 1.807) is 33.2 Å². The van der Waals surface area contributed by atoms with Crippen molar-refractivity contribution < 1.29 is 9.53 Å². The van der Waals surface area contributed by atoms with E-state index in [9.17, 15) is 4.79 Å². The van der Waals surface area contributed by atoms with Crippen LogP contribution in [0.3, 0.4) is 0 Å². The molecule has 88 valence electrons. The summed E-state index contributed by atoms with van der Waals surface area (Å²) in [4.78, 5) is 15.5. The van der Waals surface area contributed by atoms with Crippen molar-refractivity contribution in [1.82, 2.24) is 10.3 Å². The number of nitrogens with one attached hydrogen (secondary N) is 1. The van der Waals surface area contributed by atoms with Gasteiger partial charge in [-0.25, -0.2) is 4.98 Å². The SMILES string of the molecule is COc1cc(CNC(=O)C(C)(C)N)ccn1. The highest BCUT2D eigenvalue weighted by molar-refractivity contribution is 5.84. The van der Waals surface area contributed by atoms with Gasteiger partial charge in [0.1, 0.15) is 0 Å². The molecule has 0 fully saturated rings. The molecular weight excluding hydrogens is 206 g/mol. The number of methoxy groups -OCH3 is 1. The summed E-state index contributed by atoms with van der Waals surface area (Å²) in [6.07, 6.45) is 1.63. The third-order valence-corrected chi connectivity index (χ3v) is 2.05. The predicted octanol–water partition coefficient (Wildman–Crippen LogP) is 0.444. The molecule has 5 heteroatoms. The average Bonchev–Trinajstić information content (AvgIpc) is 2.25. The number of nitrogens with two attached hydrogens (primary N) is 1. The number of pyridine rings is 1. The lowest BCUT2D eigenvalue weighted by molar-refractivity contribution is -0.125. The third kappa shape index (κ3) is 3.51. The normalized spacial score (nSPS) is 11.0. The summed E-state index contributed by atoms with van der Waals surface area (Å²) < 4.78 is 4.98. The van der Waals surface area contributed by atoms with Crippen molar-refractivity contribution in [2.45, 2.75) is 25.9 Å². The zero-order valence-electron chi connectivity index (χ0n) is 9.78. The average molecular weight is 223 g/mol. The molecule has 0 aliphatic rings. The molecule has 0 bridgehead atoms. The molecule has 1 aromatic rings. The first-order valence-corrected chi connectivity index (χ1v) is 4.99. The van der Waals surface area contributed by atoms with Gasteiger partial charge in [0.05, 0.1) is 12.6 Å². The Bertz CT molecular complexity index is 372. The summed E-state index contributed by atoms with van der Waals surface area (Å²) in [5, 5.41) is 2.74. The lowest BCUT2D eigenvalue weighted by atomic mass is 10.1. The summed E-state index contributed by atoms with van der Waals surface area (Å²) >= 11 is 0. The smallest absolute Gasteiger partial charge is 0.239 e. The van der Waals surface area contributed by atoms with Gasteiger partial charge in [-0.2, -0.15) is 0 Å². The molecule has 0 aromatic carbocycles. The first-order valence-electron chi connectivity index (χ1n) is 4.99. The molecule has 0 atom stereocenters. The maximum Gasteiger partial charge on any atom is 0.239 e. The van der Waals surface area contributed by atoms with Gasteiger partial charge in [-0.05, 0) is 25.5 Å². The molecule has 0 spiro atoms. The second kappa shape index (κ2) is 4.94. The van der Waals surface area contributed by atoms with Crippen LogP contribution in [0.15, 0.2) is 18.3 Å². The second-order valence-electron chi connectivity index (χ2n) is 4.11. The van der Waals surface area contributed by atoms with E-state index in [1.807, 2.05) is 6.07 Å². The number of aromatic nitrogens is 1. The van der Waals surface area contributed by atoms with Crippen LogP contribution in [0.2, 0.25) is 0 Å². The number of amides is 1. The Morgan fingerprint density at radius 1 is 1.62 bits per heavy atom. The number of hydrogen-bond donors (Lipinski definition) is 2. The Kier molecular flexibility index (Phi) is 3.84. The van der Waals surface area contributed by atoms with Crippen molar-refractivity contribution in [3.8, 4) is 5.88 Å². The van der Waals surface area contributed by atoms with E-state index in [0.717, 1.165) is 5.56 Å². The van der Waals surface area contributed by atoms with Gasteiger partial charge >= 0.3 is 0 Å². The predicted molar refractivity (Wildman–Crippen MR) is 60.9 cm³/mol. The Labute approximate surface area is 95.0 Å². The molecule has 0 unspecified atom stereocenters. The monoisotopic (exact) mass is 223 g/mol. The summed E-state index contributed by atoms with van der Waals surface area (Å²) in [6, 6.07) is 3.58. The molecule has 5 nitrogen and oxygen atoms in total. The van der Waals surface area contributed by atoms with Gasteiger partial charge in [0, 0.05) is 18.8 Å². The van der Waals surface area contributed by atoms with Crippen LogP contribution in [0.1, 0.15) is 19.4 Å². The molecule has 0 aliphatic heterocycles. The first-order chi connectivity index (χ1) is 7.43. The third-order valence-electron chi connectivity index (χ3n) is 2.05. The van der Waals surface area contributed by atoms with Gasteiger partial charge in [0.2, 0.25) is 11.8 Å². The van der Waals surface area contributed by atoms with Gasteiger partial charge in [0.15, 0.2) is 0 Å². The van der Waals surface area contributed by atoms with Crippen LogP contribution in [-0.2, 0) is 11.3 Å². The highest BCUT2D eigenvalue weighted by Gasteiger charge is 2.20. The fourth-order valence-electron chi connectivity index (χ4n) is 1.08. The van der Waals surface area contributed by atoms with Gasteiger partial charge in [-0.15, -0.1) is 0 Å². The maximum absolute atomic E-state index is 11.5. The van der Waals surface area contributed by atoms with Gasteiger partial charge in [-0.3, -0.25) is 4.79 Å². The molecule has 1 heterocycles. The van der Waals surface area contributed by atoms with Gasteiger partial charge in [-0.1, -0.05) is 0 Å². The number of rotatable bonds is 4. The van der Waals surface area contributed by atoms with E-state index in [1.165, 1.54) is 0 Å². The number of nitrogens with zero attached hydrogens (tertiary/aromatic N) is 1.